The Morgan fingerprint density at radius 2 is 0.0652 bits per heavy atom. The van der Waals surface area contributed by atoms with Crippen LogP contribution in [0.1, 0.15) is 64.2 Å². The summed E-state index contributed by atoms with van der Waals surface area (Å²) in [5.41, 5.74) is 0. The van der Waals surface area contributed by atoms with E-state index in [9.17, 15) is 0 Å². The van der Waals surface area contributed by atoms with Crippen molar-refractivity contribution in [2.45, 2.75) is 0 Å². The summed E-state index contributed by atoms with van der Waals surface area (Å²) in [6, 6.07) is 0. The summed E-state index contributed by atoms with van der Waals surface area (Å²) in [5.74, 6) is 0. The van der Waals surface area contributed by atoms with Crippen LogP contribution in [0.2, 0.25) is 0 Å². The minimum atomic E-state index is 0. The van der Waals surface area contributed by atoms with Gasteiger partial charge in [-0.2, -0.15) is 0 Å². The van der Waals surface area contributed by atoms with E-state index in [0.717, 1.165) is 0 Å². The molecule has 0 aromatic carbocycles. The Bertz CT molecular complexity index is 97.9. The van der Waals surface area contributed by atoms with Crippen molar-refractivity contribution in [2.75, 3.05) is 0 Å². The van der Waals surface area contributed by atoms with Crippen LogP contribution in [0.15, 0.2) is 0 Å². The summed E-state index contributed by atoms with van der Waals surface area (Å²) in [5, 5.41) is 0. The van der Waals surface area contributed by atoms with E-state index in [4.69, 9.17) is 0 Å². The number of rotatable bonds is 0. The largest absolute Gasteiger partial charge is 1.00 e. The van der Waals surface area contributed by atoms with E-state index in [1.54, 1.807) is 0 Å². The Morgan fingerprint density at radius 3 is 0.0652 bits per heavy atom. The molecule has 0 bridgehead atoms. The van der Waals surface area contributed by atoms with Gasteiger partial charge < -0.3 is 69.7 Å². The maximum absolute atomic E-state index is 0. The Kier molecular flexibility index (Phi) is 2790. The maximum Gasteiger partial charge on any atom is 1.00 e. The normalized spacial score (nSPS) is 0. The average Bonchev–Trinajstić information content (AvgIpc) is 0. The first-order valence-corrected chi connectivity index (χ1v) is 0. The minimum Gasteiger partial charge on any atom is -1.00 e. The monoisotopic (exact) mass is 1100 g/mol. The van der Waals surface area contributed by atoms with Crippen LogP contribution in [0.4, 0.5) is 0 Å². The summed E-state index contributed by atoms with van der Waals surface area (Å²) in [6.07, 6.45) is 0. The predicted molar refractivity (Wildman–Crippen MR) is 53.7 cm³/mol. The Labute approximate surface area is 1350 Å². The third kappa shape index (κ3) is 340. The molecule has 0 aliphatic heterocycles. The van der Waals surface area contributed by atoms with E-state index in [1.165, 1.54) is 0 Å². The molecule has 98 valence electrons. The van der Waals surface area contributed by atoms with Gasteiger partial charge >= 0.3 is 1330 Å². The molecule has 0 saturated heterocycles. The van der Waals surface area contributed by atoms with Gasteiger partial charge in [-0.05, 0) is 0 Å². The standard InChI is InChI=1S/45Na.H2O.45H/h;;;;;;;;;;;;;;;;;;;;;;;;;;;;;;;;;;;;;;;;;;;;;1H2;;;;;;;;;;;;;;;;;;;;;;;;;;;;;;;;;;;;;;;;;;;;;/q45*+1;;45*-1. The fourth-order valence-corrected chi connectivity index (χ4v) is 0. The van der Waals surface area contributed by atoms with Crippen LogP contribution in [0.3, 0.4) is 0 Å². The van der Waals surface area contributed by atoms with Gasteiger partial charge in [-0.25, -0.2) is 0 Å². The van der Waals surface area contributed by atoms with E-state index in [0.29, 0.717) is 0 Å². The summed E-state index contributed by atoms with van der Waals surface area (Å²) in [7, 11) is 0. The van der Waals surface area contributed by atoms with Crippen LogP contribution in [0, 0.1) is 0 Å². The first kappa shape index (κ1) is 364. The summed E-state index contributed by atoms with van der Waals surface area (Å²) >= 11 is 0. The van der Waals surface area contributed by atoms with Gasteiger partial charge in [0.15, 0.2) is 0 Å². The topological polar surface area (TPSA) is 31.5 Å². The zero-order chi connectivity index (χ0) is 0. The van der Waals surface area contributed by atoms with Gasteiger partial charge in [-0.15, -0.1) is 0 Å². The van der Waals surface area contributed by atoms with Gasteiger partial charge in [-0.1, -0.05) is 0 Å². The van der Waals surface area contributed by atoms with Crippen molar-refractivity contribution in [3.63, 3.8) is 0 Å². The van der Waals surface area contributed by atoms with E-state index in [2.05, 4.69) is 0 Å². The molecule has 0 aromatic rings. The van der Waals surface area contributed by atoms with E-state index >= 15 is 0 Å². The van der Waals surface area contributed by atoms with E-state index < -0.39 is 0 Å². The molecular weight excluding hydrogens is 1050 g/mol. The molecule has 2 N–H and O–H groups in total. The number of hydrogen-bond acceptors (Lipinski definition) is 0. The molecule has 0 atom stereocenters. The second-order valence-electron chi connectivity index (χ2n) is 0. The van der Waals surface area contributed by atoms with Crippen molar-refractivity contribution in [2.24, 2.45) is 0 Å². The molecule has 46 heavy (non-hydrogen) atoms. The molecule has 0 aromatic heterocycles. The third-order valence-corrected chi connectivity index (χ3v) is 0. The zero-order valence-electron chi connectivity index (χ0n) is 90.5. The molecule has 0 saturated carbocycles. The van der Waals surface area contributed by atoms with Gasteiger partial charge in [0.2, 0.25) is 0 Å². The third-order valence-electron chi connectivity index (χ3n) is 0. The average molecular weight is 1100 g/mol. The maximum atomic E-state index is 0. The van der Waals surface area contributed by atoms with Gasteiger partial charge in [-0.3, -0.25) is 0 Å². The van der Waals surface area contributed by atoms with Crippen molar-refractivity contribution in [3.8, 4) is 0 Å². The van der Waals surface area contributed by atoms with Gasteiger partial charge in [0.05, 0.1) is 0 Å². The SMILES string of the molecule is O.[H-].[H-].[H-].[H-].[H-].[H-].[H-].[H-].[H-].[H-].[H-].[H-].[H-].[H-].[H-].[H-].[H-].[H-].[H-].[H-].[H-].[H-].[H-].[H-].[H-].[H-].[H-].[H-].[H-].[H-].[H-].[H-].[H-].[H-].[H-].[H-].[H-].[H-].[H-].[H-].[H-].[H-].[H-].[H-].[H-].[Na+].[Na+].[Na+].[Na+].[Na+].[Na+].[Na+].[Na+].[Na+].[Na+].[Na+].[Na+].[Na+].[Na+].[Na+].[Na+].[Na+].[Na+].[Na+].[Na+].[Na+].[Na+].[Na+].[Na+].[Na+].[Na+].[Na+].[Na+].[Na+].[Na+].[Na+].[Na+].[Na+].[Na+].[Na+].[Na+].[Na+].[Na+].[Na+].[Na+].[Na+].[Na+].[Na+].[Na+].[Na+]. The molecule has 46 heteroatoms. The Balaban J connectivity index is 0. The van der Waals surface area contributed by atoms with Crippen molar-refractivity contribution in [1.29, 1.82) is 0 Å². The van der Waals surface area contributed by atoms with Crippen LogP contribution in [-0.4, -0.2) is 5.48 Å². The van der Waals surface area contributed by atoms with Gasteiger partial charge in [0, 0.05) is 0 Å². The van der Waals surface area contributed by atoms with Crippen LogP contribution >= 0.6 is 0 Å². The van der Waals surface area contributed by atoms with Crippen molar-refractivity contribution in [1.82, 2.24) is 0 Å². The molecule has 0 amide bonds. The first-order valence-electron chi connectivity index (χ1n) is 0. The molecule has 0 aliphatic carbocycles. The van der Waals surface area contributed by atoms with Crippen molar-refractivity contribution < 1.29 is 1400 Å². The molecular formula is H47Na45O. The summed E-state index contributed by atoms with van der Waals surface area (Å²) < 4.78 is 0. The van der Waals surface area contributed by atoms with Gasteiger partial charge in [0.1, 0.15) is 0 Å². The first-order chi connectivity index (χ1) is 0. The van der Waals surface area contributed by atoms with E-state index in [-0.39, 0.29) is 1400 Å². The van der Waals surface area contributed by atoms with Crippen LogP contribution in [0.25, 0.3) is 0 Å². The Hall–Kier alpha value is 45.0. The summed E-state index contributed by atoms with van der Waals surface area (Å²) in [6.45, 7) is 0. The van der Waals surface area contributed by atoms with Crippen LogP contribution < -0.4 is 1330 Å². The van der Waals surface area contributed by atoms with E-state index in [1.807, 2.05) is 0 Å². The van der Waals surface area contributed by atoms with Crippen molar-refractivity contribution in [3.05, 3.63) is 0 Å². The van der Waals surface area contributed by atoms with Crippen LogP contribution in [-0.2, 0) is 0 Å². The second-order valence-corrected chi connectivity index (χ2v) is 0. The van der Waals surface area contributed by atoms with Crippen molar-refractivity contribution >= 4 is 0 Å². The quantitative estimate of drug-likeness (QED) is 0.217. The zero-order valence-corrected chi connectivity index (χ0v) is 136. The fourth-order valence-electron chi connectivity index (χ4n) is 0. The number of hydrogen-bond donors (Lipinski definition) is 0. The van der Waals surface area contributed by atoms with Gasteiger partial charge in [0.25, 0.3) is 0 Å². The Morgan fingerprint density at radius 1 is 0.0652 bits per heavy atom. The van der Waals surface area contributed by atoms with Crippen LogP contribution in [0.5, 0.6) is 0 Å². The molecule has 1 nitrogen and oxygen atoms in total. The molecule has 0 unspecified atom stereocenters. The molecule has 0 heterocycles. The molecule has 0 rings (SSSR count). The summed E-state index contributed by atoms with van der Waals surface area (Å²) in [4.78, 5) is 0. The molecule has 0 fully saturated rings. The smallest absolute Gasteiger partial charge is 1.00 e. The fraction of sp³-hybridized carbons (Fsp3) is 0. The predicted octanol–water partition coefficient (Wildman–Crippen LogP) is -131. The molecule has 0 spiro atoms. The second kappa shape index (κ2) is 352. The molecule has 0 aliphatic rings. The molecule has 0 radical (unpaired) electrons. The minimum absolute atomic E-state index is 0.